The van der Waals surface area contributed by atoms with Crippen LogP contribution < -0.4 is 10.5 Å². The van der Waals surface area contributed by atoms with Crippen LogP contribution in [0, 0.1) is 0 Å². The summed E-state index contributed by atoms with van der Waals surface area (Å²) in [7, 11) is -3.68. The van der Waals surface area contributed by atoms with E-state index >= 15 is 0 Å². The van der Waals surface area contributed by atoms with E-state index < -0.39 is 15.6 Å². The number of rotatable bonds is 4. The molecule has 0 saturated heterocycles. The van der Waals surface area contributed by atoms with Crippen molar-refractivity contribution in [3.05, 3.63) is 14.7 Å². The molecule has 92 valence electrons. The molecule has 0 bridgehead atoms. The van der Waals surface area contributed by atoms with E-state index in [0.717, 1.165) is 11.3 Å². The van der Waals surface area contributed by atoms with Gasteiger partial charge in [-0.15, -0.1) is 11.3 Å². The Labute approximate surface area is 109 Å². The lowest BCUT2D eigenvalue weighted by Crippen LogP contribution is -2.48. The van der Waals surface area contributed by atoms with Crippen LogP contribution in [0.2, 0.25) is 8.67 Å². The molecule has 0 radical (unpaired) electrons. The van der Waals surface area contributed by atoms with Gasteiger partial charge in [0, 0.05) is 12.1 Å². The minimum Gasteiger partial charge on any atom is -0.329 e. The molecule has 4 nitrogen and oxygen atoms in total. The number of thiophene rings is 1. The largest absolute Gasteiger partial charge is 0.329 e. The van der Waals surface area contributed by atoms with Gasteiger partial charge in [0.1, 0.15) is 9.23 Å². The molecule has 0 spiro atoms. The Morgan fingerprint density at radius 3 is 2.44 bits per heavy atom. The average Bonchev–Trinajstić information content (AvgIpc) is 2.44. The first-order valence-corrected chi connectivity index (χ1v) is 7.42. The minimum absolute atomic E-state index is 0.00862. The first-order valence-electron chi connectivity index (χ1n) is 4.37. The SMILES string of the molecule is CC(C)(CN)NS(=O)(=O)c1cc(Cl)sc1Cl. The van der Waals surface area contributed by atoms with Crippen LogP contribution in [0.15, 0.2) is 11.0 Å². The van der Waals surface area contributed by atoms with E-state index in [9.17, 15) is 8.42 Å². The third-order valence-corrected chi connectivity index (χ3v) is 5.29. The quantitative estimate of drug-likeness (QED) is 0.894. The molecule has 0 aliphatic rings. The molecule has 0 unspecified atom stereocenters. The number of halogens is 2. The lowest BCUT2D eigenvalue weighted by atomic mass is 10.1. The van der Waals surface area contributed by atoms with E-state index in [0.29, 0.717) is 4.34 Å². The Hall–Kier alpha value is 0.150. The predicted octanol–water partition coefficient (Wildman–Crippen LogP) is 2.07. The Kier molecular flexibility index (Phi) is 4.26. The molecule has 0 aromatic carbocycles. The van der Waals surface area contributed by atoms with Crippen molar-refractivity contribution < 1.29 is 8.42 Å². The highest BCUT2D eigenvalue weighted by atomic mass is 35.5. The number of sulfonamides is 1. The van der Waals surface area contributed by atoms with Crippen LogP contribution in [0.5, 0.6) is 0 Å². The zero-order valence-corrected chi connectivity index (χ0v) is 11.9. The van der Waals surface area contributed by atoms with Gasteiger partial charge in [-0.25, -0.2) is 13.1 Å². The van der Waals surface area contributed by atoms with Crippen LogP contribution in [0.25, 0.3) is 0 Å². The van der Waals surface area contributed by atoms with Crippen LogP contribution >= 0.6 is 34.5 Å². The maximum atomic E-state index is 11.9. The molecule has 3 N–H and O–H groups in total. The second-order valence-electron chi connectivity index (χ2n) is 3.88. The molecule has 0 aliphatic heterocycles. The number of hydrogen-bond acceptors (Lipinski definition) is 4. The summed E-state index contributed by atoms with van der Waals surface area (Å²) in [6.07, 6.45) is 0. The zero-order valence-electron chi connectivity index (χ0n) is 8.75. The summed E-state index contributed by atoms with van der Waals surface area (Å²) in [6, 6.07) is 1.32. The summed E-state index contributed by atoms with van der Waals surface area (Å²) >= 11 is 12.5. The third-order valence-electron chi connectivity index (χ3n) is 1.84. The van der Waals surface area contributed by atoms with Crippen molar-refractivity contribution in [3.63, 3.8) is 0 Å². The first kappa shape index (κ1) is 14.2. The fraction of sp³-hybridized carbons (Fsp3) is 0.500. The van der Waals surface area contributed by atoms with Gasteiger partial charge >= 0.3 is 0 Å². The number of hydrogen-bond donors (Lipinski definition) is 2. The molecule has 0 saturated carbocycles. The highest BCUT2D eigenvalue weighted by Crippen LogP contribution is 2.34. The summed E-state index contributed by atoms with van der Waals surface area (Å²) in [5.74, 6) is 0. The molecular formula is C8H12Cl2N2O2S2. The smallest absolute Gasteiger partial charge is 0.243 e. The Morgan fingerprint density at radius 1 is 1.50 bits per heavy atom. The minimum atomic E-state index is -3.68. The van der Waals surface area contributed by atoms with Gasteiger partial charge in [0.15, 0.2) is 0 Å². The van der Waals surface area contributed by atoms with E-state index in [-0.39, 0.29) is 15.8 Å². The molecular weight excluding hydrogens is 291 g/mol. The van der Waals surface area contributed by atoms with E-state index in [1.165, 1.54) is 6.07 Å². The van der Waals surface area contributed by atoms with Crippen LogP contribution in [0.3, 0.4) is 0 Å². The molecule has 1 aromatic rings. The Morgan fingerprint density at radius 2 is 2.06 bits per heavy atom. The summed E-state index contributed by atoms with van der Waals surface area (Å²) in [4.78, 5) is -0.00862. The highest BCUT2D eigenvalue weighted by Gasteiger charge is 2.27. The van der Waals surface area contributed by atoms with E-state index in [2.05, 4.69) is 4.72 Å². The summed E-state index contributed by atoms with van der Waals surface area (Å²) in [6.45, 7) is 3.56. The second kappa shape index (κ2) is 4.80. The van der Waals surface area contributed by atoms with Crippen LogP contribution in [0.1, 0.15) is 13.8 Å². The summed E-state index contributed by atoms with van der Waals surface area (Å²) in [5, 5.41) is 0. The van der Waals surface area contributed by atoms with Gasteiger partial charge in [-0.05, 0) is 19.9 Å². The van der Waals surface area contributed by atoms with Crippen LogP contribution in [-0.2, 0) is 10.0 Å². The van der Waals surface area contributed by atoms with Crippen molar-refractivity contribution in [2.45, 2.75) is 24.3 Å². The standard InChI is InChI=1S/C8H12Cl2N2O2S2/c1-8(2,4-11)12-16(13,14)5-3-6(9)15-7(5)10/h3,12H,4,11H2,1-2H3. The third kappa shape index (κ3) is 3.32. The van der Waals surface area contributed by atoms with Gasteiger partial charge in [0.25, 0.3) is 0 Å². The monoisotopic (exact) mass is 302 g/mol. The molecule has 0 amide bonds. The molecule has 16 heavy (non-hydrogen) atoms. The van der Waals surface area contributed by atoms with Gasteiger partial charge in [-0.3, -0.25) is 0 Å². The Balaban J connectivity index is 3.09. The molecule has 8 heteroatoms. The summed E-state index contributed by atoms with van der Waals surface area (Å²) < 4.78 is 26.8. The summed E-state index contributed by atoms with van der Waals surface area (Å²) in [5.41, 5.74) is 4.73. The van der Waals surface area contributed by atoms with E-state index in [1.807, 2.05) is 0 Å². The van der Waals surface area contributed by atoms with Crippen LogP contribution in [0.4, 0.5) is 0 Å². The van der Waals surface area contributed by atoms with Gasteiger partial charge in [-0.1, -0.05) is 23.2 Å². The van der Waals surface area contributed by atoms with Gasteiger partial charge < -0.3 is 5.73 Å². The van der Waals surface area contributed by atoms with Crippen molar-refractivity contribution in [1.29, 1.82) is 0 Å². The maximum absolute atomic E-state index is 11.9. The van der Waals surface area contributed by atoms with Gasteiger partial charge in [0.05, 0.1) is 4.34 Å². The lowest BCUT2D eigenvalue weighted by Gasteiger charge is -2.23. The van der Waals surface area contributed by atoms with Gasteiger partial charge in [-0.2, -0.15) is 0 Å². The first-order chi connectivity index (χ1) is 7.18. The molecule has 0 fully saturated rings. The fourth-order valence-electron chi connectivity index (χ4n) is 0.969. The maximum Gasteiger partial charge on any atom is 0.243 e. The van der Waals surface area contributed by atoms with Crippen molar-refractivity contribution in [2.75, 3.05) is 6.54 Å². The molecule has 0 aliphatic carbocycles. The highest BCUT2D eigenvalue weighted by molar-refractivity contribution is 7.89. The van der Waals surface area contributed by atoms with Crippen molar-refractivity contribution in [2.24, 2.45) is 5.73 Å². The predicted molar refractivity (Wildman–Crippen MR) is 67.8 cm³/mol. The fourth-order valence-corrected chi connectivity index (χ4v) is 4.54. The molecule has 0 atom stereocenters. The zero-order chi connectivity index (χ0) is 12.6. The van der Waals surface area contributed by atoms with Crippen molar-refractivity contribution >= 4 is 44.6 Å². The lowest BCUT2D eigenvalue weighted by molar-refractivity contribution is 0.462. The second-order valence-corrected chi connectivity index (χ2v) is 7.82. The van der Waals surface area contributed by atoms with Gasteiger partial charge in [0.2, 0.25) is 10.0 Å². The molecule has 1 rings (SSSR count). The Bertz CT molecular complexity index is 482. The van der Waals surface area contributed by atoms with Crippen LogP contribution in [-0.4, -0.2) is 20.5 Å². The van der Waals surface area contributed by atoms with E-state index in [4.69, 9.17) is 28.9 Å². The van der Waals surface area contributed by atoms with E-state index in [1.54, 1.807) is 13.8 Å². The normalized spacial score (nSPS) is 13.1. The average molecular weight is 303 g/mol. The van der Waals surface area contributed by atoms with Crippen molar-refractivity contribution in [3.8, 4) is 0 Å². The molecule has 1 heterocycles. The number of nitrogens with one attached hydrogen (secondary N) is 1. The number of nitrogens with two attached hydrogens (primary N) is 1. The molecule has 1 aromatic heterocycles. The topological polar surface area (TPSA) is 72.2 Å². The van der Waals surface area contributed by atoms with Crippen molar-refractivity contribution in [1.82, 2.24) is 4.72 Å².